The number of aromatic nitrogens is 1. The van der Waals surface area contributed by atoms with Gasteiger partial charge in [-0.05, 0) is 30.3 Å². The van der Waals surface area contributed by atoms with E-state index in [1.165, 1.54) is 0 Å². The monoisotopic (exact) mass is 431 g/mol. The van der Waals surface area contributed by atoms with E-state index in [0.717, 1.165) is 15.4 Å². The number of benzene rings is 2. The molecule has 4 rings (SSSR count). The Morgan fingerprint density at radius 3 is 2.81 bits per heavy atom. The molecule has 0 N–H and O–H groups in total. The second-order valence-corrected chi connectivity index (χ2v) is 6.85. The number of furan rings is 1. The van der Waals surface area contributed by atoms with Gasteiger partial charge in [0.1, 0.15) is 17.9 Å². The Balaban J connectivity index is 1.48. The summed E-state index contributed by atoms with van der Waals surface area (Å²) >= 11 is 9.33. The fourth-order valence-electron chi connectivity index (χ4n) is 2.47. The molecule has 130 valence electrons. The zero-order valence-electron chi connectivity index (χ0n) is 13.2. The maximum atomic E-state index is 12.2. The Labute approximate surface area is 161 Å². The topological polar surface area (TPSA) is 65.5 Å². The standard InChI is InChI=1S/C19H11BrClNO4/c20-12-5-6-15(21)14(8-12)19(23)24-10-13-9-18(26-22-13)17-7-11-3-1-2-4-16(11)25-17/h1-9H,10H2. The molecule has 0 bridgehead atoms. The van der Waals surface area contributed by atoms with Gasteiger partial charge in [-0.15, -0.1) is 0 Å². The molecular weight excluding hydrogens is 422 g/mol. The molecular formula is C19H11BrClNO4. The lowest BCUT2D eigenvalue weighted by Crippen LogP contribution is -2.06. The number of esters is 1. The predicted molar refractivity (Wildman–Crippen MR) is 100.0 cm³/mol. The van der Waals surface area contributed by atoms with E-state index in [1.54, 1.807) is 24.3 Å². The van der Waals surface area contributed by atoms with Crippen LogP contribution in [0, 0.1) is 0 Å². The number of hydrogen-bond donors (Lipinski definition) is 0. The van der Waals surface area contributed by atoms with E-state index in [1.807, 2.05) is 30.3 Å². The van der Waals surface area contributed by atoms with Gasteiger partial charge in [-0.25, -0.2) is 4.79 Å². The van der Waals surface area contributed by atoms with Gasteiger partial charge < -0.3 is 13.7 Å². The first-order chi connectivity index (χ1) is 12.6. The lowest BCUT2D eigenvalue weighted by atomic mass is 10.2. The molecule has 2 heterocycles. The lowest BCUT2D eigenvalue weighted by molar-refractivity contribution is 0.0464. The highest BCUT2D eigenvalue weighted by molar-refractivity contribution is 9.10. The minimum Gasteiger partial charge on any atom is -0.455 e. The Morgan fingerprint density at radius 1 is 1.12 bits per heavy atom. The van der Waals surface area contributed by atoms with E-state index >= 15 is 0 Å². The van der Waals surface area contributed by atoms with Crippen molar-refractivity contribution in [1.82, 2.24) is 5.16 Å². The molecule has 4 aromatic rings. The fraction of sp³-hybridized carbons (Fsp3) is 0.0526. The Morgan fingerprint density at radius 2 is 1.96 bits per heavy atom. The van der Waals surface area contributed by atoms with Gasteiger partial charge in [0.05, 0.1) is 10.6 Å². The van der Waals surface area contributed by atoms with Crippen LogP contribution in [0.3, 0.4) is 0 Å². The number of hydrogen-bond acceptors (Lipinski definition) is 5. The first kappa shape index (κ1) is 16.9. The van der Waals surface area contributed by atoms with Crippen LogP contribution < -0.4 is 0 Å². The van der Waals surface area contributed by atoms with E-state index in [4.69, 9.17) is 25.3 Å². The maximum absolute atomic E-state index is 12.2. The summed E-state index contributed by atoms with van der Waals surface area (Å²) in [7, 11) is 0. The number of nitrogens with zero attached hydrogens (tertiary/aromatic N) is 1. The number of rotatable bonds is 4. The second-order valence-electron chi connectivity index (χ2n) is 5.53. The number of para-hydroxylation sites is 1. The number of fused-ring (bicyclic) bond motifs is 1. The van der Waals surface area contributed by atoms with Crippen molar-refractivity contribution in [1.29, 1.82) is 0 Å². The van der Waals surface area contributed by atoms with Gasteiger partial charge in [-0.1, -0.05) is 50.9 Å². The zero-order chi connectivity index (χ0) is 18.1. The van der Waals surface area contributed by atoms with Crippen LogP contribution in [-0.4, -0.2) is 11.1 Å². The molecule has 0 amide bonds. The number of carbonyl (C=O) groups is 1. The van der Waals surface area contributed by atoms with Crippen LogP contribution in [0.2, 0.25) is 5.02 Å². The highest BCUT2D eigenvalue weighted by Gasteiger charge is 2.16. The van der Waals surface area contributed by atoms with Crippen molar-refractivity contribution < 1.29 is 18.5 Å². The van der Waals surface area contributed by atoms with Gasteiger partial charge in [0.2, 0.25) is 5.76 Å². The molecule has 0 saturated carbocycles. The van der Waals surface area contributed by atoms with Gasteiger partial charge in [-0.3, -0.25) is 0 Å². The smallest absolute Gasteiger partial charge is 0.340 e. The van der Waals surface area contributed by atoms with Gasteiger partial charge >= 0.3 is 5.97 Å². The minimum absolute atomic E-state index is 0.0363. The number of halogens is 2. The van der Waals surface area contributed by atoms with Crippen molar-refractivity contribution >= 4 is 44.5 Å². The van der Waals surface area contributed by atoms with E-state index < -0.39 is 5.97 Å². The highest BCUT2D eigenvalue weighted by Crippen LogP contribution is 2.28. The summed E-state index contributed by atoms with van der Waals surface area (Å²) in [6.07, 6.45) is 0. The molecule has 0 saturated heterocycles. The molecule has 26 heavy (non-hydrogen) atoms. The summed E-state index contributed by atoms with van der Waals surface area (Å²) in [5.41, 5.74) is 1.51. The van der Waals surface area contributed by atoms with Crippen LogP contribution >= 0.6 is 27.5 Å². The SMILES string of the molecule is O=C(OCc1cc(-c2cc3ccccc3o2)on1)c1cc(Br)ccc1Cl. The molecule has 5 nitrogen and oxygen atoms in total. The van der Waals surface area contributed by atoms with Gasteiger partial charge in [0, 0.05) is 15.9 Å². The van der Waals surface area contributed by atoms with Gasteiger partial charge in [0.25, 0.3) is 0 Å². The molecule has 2 aromatic carbocycles. The quantitative estimate of drug-likeness (QED) is 0.378. The Kier molecular flexibility index (Phi) is 4.53. The third-order valence-electron chi connectivity index (χ3n) is 3.73. The molecule has 2 aromatic heterocycles. The predicted octanol–water partition coefficient (Wildman–Crippen LogP) is 5.86. The second kappa shape index (κ2) is 6.97. The zero-order valence-corrected chi connectivity index (χ0v) is 15.6. The minimum atomic E-state index is -0.537. The van der Waals surface area contributed by atoms with Crippen molar-refractivity contribution in [2.75, 3.05) is 0 Å². The molecule has 0 aliphatic heterocycles. The third-order valence-corrected chi connectivity index (χ3v) is 4.55. The van der Waals surface area contributed by atoms with Crippen molar-refractivity contribution in [2.24, 2.45) is 0 Å². The van der Waals surface area contributed by atoms with E-state index in [9.17, 15) is 4.79 Å². The maximum Gasteiger partial charge on any atom is 0.340 e. The van der Waals surface area contributed by atoms with Crippen LogP contribution in [-0.2, 0) is 11.3 Å². The summed E-state index contributed by atoms with van der Waals surface area (Å²) in [6, 6.07) is 16.2. The van der Waals surface area contributed by atoms with Gasteiger partial charge in [0.15, 0.2) is 5.76 Å². The van der Waals surface area contributed by atoms with Crippen LogP contribution in [0.4, 0.5) is 0 Å². The van der Waals surface area contributed by atoms with E-state index in [2.05, 4.69) is 21.1 Å². The summed E-state index contributed by atoms with van der Waals surface area (Å²) in [4.78, 5) is 12.2. The average molecular weight is 433 g/mol. The molecule has 0 radical (unpaired) electrons. The molecule has 0 aliphatic rings. The molecule has 0 aliphatic carbocycles. The molecule has 0 atom stereocenters. The first-order valence-electron chi connectivity index (χ1n) is 7.67. The summed E-state index contributed by atoms with van der Waals surface area (Å²) in [5, 5.41) is 5.20. The van der Waals surface area contributed by atoms with E-state index in [-0.39, 0.29) is 12.2 Å². The lowest BCUT2D eigenvalue weighted by Gasteiger charge is -2.04. The fourth-order valence-corrected chi connectivity index (χ4v) is 3.03. The van der Waals surface area contributed by atoms with Crippen molar-refractivity contribution in [3.63, 3.8) is 0 Å². The average Bonchev–Trinajstić information content (AvgIpc) is 3.28. The first-order valence-corrected chi connectivity index (χ1v) is 8.84. The van der Waals surface area contributed by atoms with Crippen molar-refractivity contribution in [3.8, 4) is 11.5 Å². The van der Waals surface area contributed by atoms with Crippen molar-refractivity contribution in [3.05, 3.63) is 75.4 Å². The Bertz CT molecular complexity index is 1070. The molecule has 0 spiro atoms. The molecule has 7 heteroatoms. The van der Waals surface area contributed by atoms with Crippen LogP contribution in [0.15, 0.2) is 68.0 Å². The van der Waals surface area contributed by atoms with Crippen LogP contribution in [0.1, 0.15) is 16.1 Å². The van der Waals surface area contributed by atoms with Crippen molar-refractivity contribution in [2.45, 2.75) is 6.61 Å². The number of carbonyl (C=O) groups excluding carboxylic acids is 1. The van der Waals surface area contributed by atoms with Crippen LogP contribution in [0.25, 0.3) is 22.5 Å². The van der Waals surface area contributed by atoms with Gasteiger partial charge in [-0.2, -0.15) is 0 Å². The third kappa shape index (κ3) is 3.38. The molecule has 0 unspecified atom stereocenters. The molecule has 0 fully saturated rings. The largest absolute Gasteiger partial charge is 0.455 e. The summed E-state index contributed by atoms with van der Waals surface area (Å²) in [5.74, 6) is 0.489. The normalized spacial score (nSPS) is 11.0. The summed E-state index contributed by atoms with van der Waals surface area (Å²) < 4.78 is 17.0. The van der Waals surface area contributed by atoms with Crippen LogP contribution in [0.5, 0.6) is 0 Å². The Hall–Kier alpha value is -2.57. The van der Waals surface area contributed by atoms with E-state index in [0.29, 0.717) is 22.2 Å². The highest BCUT2D eigenvalue weighted by atomic mass is 79.9. The number of ether oxygens (including phenoxy) is 1. The summed E-state index contributed by atoms with van der Waals surface area (Å²) in [6.45, 7) is -0.0363.